The van der Waals surface area contributed by atoms with Gasteiger partial charge in [0.1, 0.15) is 3.70 Å². The lowest BCUT2D eigenvalue weighted by molar-refractivity contribution is 0.411. The summed E-state index contributed by atoms with van der Waals surface area (Å²) in [6, 6.07) is 10.6. The maximum absolute atomic E-state index is 4.36. The molecule has 2 aromatic rings. The van der Waals surface area contributed by atoms with Crippen LogP contribution in [0, 0.1) is 3.70 Å². The van der Waals surface area contributed by atoms with E-state index in [1.165, 1.54) is 36.1 Å². The van der Waals surface area contributed by atoms with Gasteiger partial charge in [-0.15, -0.1) is 0 Å². The smallest absolute Gasteiger partial charge is 0.131 e. The molecule has 0 radical (unpaired) electrons. The average molecular weight is 324 g/mol. The molecule has 1 fully saturated rings. The Morgan fingerprint density at radius 2 is 1.94 bits per heavy atom. The summed E-state index contributed by atoms with van der Waals surface area (Å²) in [5, 5.41) is 7.57. The molecule has 0 amide bonds. The number of H-pyrrole nitrogens is 1. The number of aromatic nitrogens is 2. The second-order valence-corrected chi connectivity index (χ2v) is 5.32. The van der Waals surface area contributed by atoms with Crippen molar-refractivity contribution in [2.45, 2.75) is 25.2 Å². The maximum atomic E-state index is 4.36. The van der Waals surface area contributed by atoms with Gasteiger partial charge in [-0.1, -0.05) is 36.8 Å². The molecule has 1 saturated carbocycles. The summed E-state index contributed by atoms with van der Waals surface area (Å²) in [7, 11) is 0. The SMILES string of the molecule is Ic1n[nH]c(C2CCC2)c1-c1ccccc1. The van der Waals surface area contributed by atoms with Gasteiger partial charge >= 0.3 is 0 Å². The zero-order chi connectivity index (χ0) is 11.0. The molecule has 0 aliphatic heterocycles. The van der Waals surface area contributed by atoms with E-state index in [4.69, 9.17) is 0 Å². The van der Waals surface area contributed by atoms with E-state index in [0.717, 1.165) is 3.70 Å². The Hall–Kier alpha value is -0.840. The monoisotopic (exact) mass is 324 g/mol. The van der Waals surface area contributed by atoms with Crippen LogP contribution in [0.25, 0.3) is 11.1 Å². The Morgan fingerprint density at radius 1 is 1.19 bits per heavy atom. The Labute approximate surface area is 109 Å². The summed E-state index contributed by atoms with van der Waals surface area (Å²) < 4.78 is 1.09. The van der Waals surface area contributed by atoms with Gasteiger partial charge in [0.25, 0.3) is 0 Å². The summed E-state index contributed by atoms with van der Waals surface area (Å²) >= 11 is 2.32. The third-order valence-corrected chi connectivity index (χ3v) is 4.11. The zero-order valence-electron chi connectivity index (χ0n) is 8.91. The number of benzene rings is 1. The fourth-order valence-corrected chi connectivity index (χ4v) is 2.93. The molecular weight excluding hydrogens is 311 g/mol. The summed E-state index contributed by atoms with van der Waals surface area (Å²) in [6.45, 7) is 0. The average Bonchev–Trinajstić information content (AvgIpc) is 2.59. The molecule has 0 bridgehead atoms. The highest BCUT2D eigenvalue weighted by molar-refractivity contribution is 14.1. The molecule has 0 unspecified atom stereocenters. The lowest BCUT2D eigenvalue weighted by atomic mass is 9.81. The lowest BCUT2D eigenvalue weighted by Crippen LogP contribution is -2.10. The van der Waals surface area contributed by atoms with Crippen LogP contribution in [0.5, 0.6) is 0 Å². The van der Waals surface area contributed by atoms with Gasteiger partial charge in [0.15, 0.2) is 0 Å². The molecule has 1 aromatic heterocycles. The first-order valence-corrected chi connectivity index (χ1v) is 6.73. The van der Waals surface area contributed by atoms with Gasteiger partial charge in [-0.2, -0.15) is 5.10 Å². The number of aromatic amines is 1. The molecule has 82 valence electrons. The lowest BCUT2D eigenvalue weighted by Gasteiger charge is -2.25. The third kappa shape index (κ3) is 1.67. The molecule has 1 N–H and O–H groups in total. The van der Waals surface area contributed by atoms with Crippen molar-refractivity contribution < 1.29 is 0 Å². The van der Waals surface area contributed by atoms with E-state index in [2.05, 4.69) is 63.1 Å². The summed E-state index contributed by atoms with van der Waals surface area (Å²) in [5.41, 5.74) is 3.93. The Bertz CT molecular complexity index is 486. The Balaban J connectivity index is 2.08. The van der Waals surface area contributed by atoms with E-state index in [9.17, 15) is 0 Å². The van der Waals surface area contributed by atoms with Crippen LogP contribution in [0.4, 0.5) is 0 Å². The minimum Gasteiger partial charge on any atom is -0.281 e. The summed E-state index contributed by atoms with van der Waals surface area (Å²) in [4.78, 5) is 0. The standard InChI is InChI=1S/C13H13IN2/c14-13-11(9-5-2-1-3-6-9)12(15-16-13)10-7-4-8-10/h1-3,5-6,10H,4,7-8H2,(H,15,16). The molecule has 1 aliphatic rings. The second-order valence-electron chi connectivity index (χ2n) is 4.30. The molecule has 0 saturated heterocycles. The van der Waals surface area contributed by atoms with Crippen LogP contribution < -0.4 is 0 Å². The fraction of sp³-hybridized carbons (Fsp3) is 0.308. The third-order valence-electron chi connectivity index (χ3n) is 3.33. The predicted octanol–water partition coefficient (Wildman–Crippen LogP) is 3.95. The van der Waals surface area contributed by atoms with Gasteiger partial charge < -0.3 is 0 Å². The van der Waals surface area contributed by atoms with Gasteiger partial charge in [0.2, 0.25) is 0 Å². The number of halogens is 1. The van der Waals surface area contributed by atoms with E-state index in [0.29, 0.717) is 5.92 Å². The summed E-state index contributed by atoms with van der Waals surface area (Å²) in [5.74, 6) is 0.700. The van der Waals surface area contributed by atoms with E-state index in [1.807, 2.05) is 0 Å². The molecule has 1 aromatic carbocycles. The van der Waals surface area contributed by atoms with E-state index in [-0.39, 0.29) is 0 Å². The molecule has 0 atom stereocenters. The summed E-state index contributed by atoms with van der Waals surface area (Å²) in [6.07, 6.45) is 3.96. The van der Waals surface area contributed by atoms with Crippen molar-refractivity contribution in [1.82, 2.24) is 10.2 Å². The van der Waals surface area contributed by atoms with Crippen molar-refractivity contribution in [3.8, 4) is 11.1 Å². The van der Waals surface area contributed by atoms with E-state index >= 15 is 0 Å². The highest BCUT2D eigenvalue weighted by atomic mass is 127. The van der Waals surface area contributed by atoms with Crippen molar-refractivity contribution in [1.29, 1.82) is 0 Å². The van der Waals surface area contributed by atoms with Crippen molar-refractivity contribution >= 4 is 22.6 Å². The minimum atomic E-state index is 0.700. The van der Waals surface area contributed by atoms with Crippen LogP contribution in [0.1, 0.15) is 30.9 Å². The van der Waals surface area contributed by atoms with Gasteiger partial charge in [0, 0.05) is 17.2 Å². The molecular formula is C13H13IN2. The van der Waals surface area contributed by atoms with Crippen molar-refractivity contribution in [2.24, 2.45) is 0 Å². The largest absolute Gasteiger partial charge is 0.281 e. The Kier molecular flexibility index (Phi) is 2.71. The van der Waals surface area contributed by atoms with E-state index in [1.54, 1.807) is 0 Å². The highest BCUT2D eigenvalue weighted by Crippen LogP contribution is 2.41. The van der Waals surface area contributed by atoms with Gasteiger partial charge in [-0.3, -0.25) is 5.10 Å². The second kappa shape index (κ2) is 4.20. The number of hydrogen-bond acceptors (Lipinski definition) is 1. The first-order valence-electron chi connectivity index (χ1n) is 5.65. The van der Waals surface area contributed by atoms with Crippen LogP contribution in [-0.4, -0.2) is 10.2 Å². The molecule has 3 heteroatoms. The van der Waals surface area contributed by atoms with E-state index < -0.39 is 0 Å². The van der Waals surface area contributed by atoms with Crippen LogP contribution in [-0.2, 0) is 0 Å². The highest BCUT2D eigenvalue weighted by Gasteiger charge is 2.26. The zero-order valence-corrected chi connectivity index (χ0v) is 11.1. The molecule has 2 nitrogen and oxygen atoms in total. The van der Waals surface area contributed by atoms with Gasteiger partial charge in [0.05, 0.1) is 0 Å². The molecule has 1 heterocycles. The number of nitrogens with one attached hydrogen (secondary N) is 1. The first kappa shape index (κ1) is 10.3. The van der Waals surface area contributed by atoms with Crippen LogP contribution in [0.3, 0.4) is 0 Å². The van der Waals surface area contributed by atoms with Gasteiger partial charge in [-0.05, 0) is 41.0 Å². The minimum absolute atomic E-state index is 0.700. The molecule has 0 spiro atoms. The Morgan fingerprint density at radius 3 is 2.56 bits per heavy atom. The first-order chi connectivity index (χ1) is 7.86. The maximum Gasteiger partial charge on any atom is 0.131 e. The molecule has 3 rings (SSSR count). The molecule has 16 heavy (non-hydrogen) atoms. The van der Waals surface area contributed by atoms with Crippen LogP contribution >= 0.6 is 22.6 Å². The van der Waals surface area contributed by atoms with Crippen molar-refractivity contribution in [2.75, 3.05) is 0 Å². The van der Waals surface area contributed by atoms with Crippen LogP contribution in [0.15, 0.2) is 30.3 Å². The quantitative estimate of drug-likeness (QED) is 0.833. The van der Waals surface area contributed by atoms with Crippen molar-refractivity contribution in [3.63, 3.8) is 0 Å². The number of rotatable bonds is 2. The fourth-order valence-electron chi connectivity index (χ4n) is 2.20. The van der Waals surface area contributed by atoms with Crippen molar-refractivity contribution in [3.05, 3.63) is 39.7 Å². The van der Waals surface area contributed by atoms with Crippen LogP contribution in [0.2, 0.25) is 0 Å². The topological polar surface area (TPSA) is 28.7 Å². The number of nitrogens with zero attached hydrogens (tertiary/aromatic N) is 1. The normalized spacial score (nSPS) is 16.1. The molecule has 1 aliphatic carbocycles. The number of hydrogen-bond donors (Lipinski definition) is 1. The van der Waals surface area contributed by atoms with Gasteiger partial charge in [-0.25, -0.2) is 0 Å². The predicted molar refractivity (Wildman–Crippen MR) is 73.3 cm³/mol.